The maximum atomic E-state index is 13.1. The standard InChI is InChI=1S/C36H44N8O6/c1-21(2)31(43-34(45)22(3)40-36(47)48-5)33-38-19-29(42-33)27-15-11-25(12-16-27)24-9-13-26(14-10-24)28-18-37-32(41-28)30-8-7-17-44(30)35(46)23(4)39-20-50-49-6/h9-16,18-23,30-31H,7-8,17H2,1-6H3,(H,37,41)(H,38,42)(H,40,47)(H,43,45)/b39-20+/t22-,23-,30-,31-/m0/s1. The Bertz CT molecular complexity index is 1780. The summed E-state index contributed by atoms with van der Waals surface area (Å²) in [4.78, 5) is 68.4. The number of hydrogen-bond acceptors (Lipinski definition) is 9. The zero-order valence-electron chi connectivity index (χ0n) is 29.1. The minimum absolute atomic E-state index is 0.0416. The van der Waals surface area contributed by atoms with Crippen LogP contribution in [0.5, 0.6) is 0 Å². The van der Waals surface area contributed by atoms with Crippen molar-refractivity contribution in [1.82, 2.24) is 35.5 Å². The van der Waals surface area contributed by atoms with Crippen LogP contribution in [0.25, 0.3) is 33.6 Å². The lowest BCUT2D eigenvalue weighted by Crippen LogP contribution is -2.46. The van der Waals surface area contributed by atoms with E-state index >= 15 is 0 Å². The van der Waals surface area contributed by atoms with Crippen molar-refractivity contribution >= 4 is 24.3 Å². The number of aromatic nitrogens is 4. The highest BCUT2D eigenvalue weighted by molar-refractivity contribution is 5.85. The van der Waals surface area contributed by atoms with Gasteiger partial charge in [-0.15, -0.1) is 0 Å². The van der Waals surface area contributed by atoms with Gasteiger partial charge in [0.05, 0.1) is 50.1 Å². The van der Waals surface area contributed by atoms with Crippen LogP contribution < -0.4 is 10.6 Å². The molecule has 1 aliphatic rings. The van der Waals surface area contributed by atoms with Crippen molar-refractivity contribution in [3.05, 3.63) is 72.6 Å². The van der Waals surface area contributed by atoms with Crippen molar-refractivity contribution < 1.29 is 28.9 Å². The lowest BCUT2D eigenvalue weighted by atomic mass is 10.0. The second-order valence-electron chi connectivity index (χ2n) is 12.5. The summed E-state index contributed by atoms with van der Waals surface area (Å²) in [6.45, 7) is 7.95. The van der Waals surface area contributed by atoms with Gasteiger partial charge in [-0.3, -0.25) is 9.59 Å². The molecule has 14 heteroatoms. The summed E-state index contributed by atoms with van der Waals surface area (Å²) in [6, 6.07) is 14.5. The first kappa shape index (κ1) is 35.8. The molecule has 0 bridgehead atoms. The van der Waals surface area contributed by atoms with Crippen molar-refractivity contribution in [1.29, 1.82) is 0 Å². The number of nitrogens with one attached hydrogen (secondary N) is 4. The summed E-state index contributed by atoms with van der Waals surface area (Å²) in [5.74, 6) is 0.992. The van der Waals surface area contributed by atoms with Gasteiger partial charge in [-0.25, -0.2) is 19.8 Å². The summed E-state index contributed by atoms with van der Waals surface area (Å²) >= 11 is 0. The van der Waals surface area contributed by atoms with Gasteiger partial charge in [0.15, 0.2) is 0 Å². The molecule has 3 amide bonds. The number of aliphatic imine (C=N–C) groups is 1. The molecular formula is C36H44N8O6. The Kier molecular flexibility index (Phi) is 11.6. The predicted octanol–water partition coefficient (Wildman–Crippen LogP) is 5.35. The molecule has 4 N–H and O–H groups in total. The molecular weight excluding hydrogens is 640 g/mol. The molecule has 50 heavy (non-hydrogen) atoms. The van der Waals surface area contributed by atoms with Crippen LogP contribution in [0.3, 0.4) is 0 Å². The van der Waals surface area contributed by atoms with E-state index in [2.05, 4.69) is 74.3 Å². The van der Waals surface area contributed by atoms with Crippen LogP contribution >= 0.6 is 0 Å². The monoisotopic (exact) mass is 684 g/mol. The minimum atomic E-state index is -0.769. The Morgan fingerprint density at radius 3 is 2.08 bits per heavy atom. The molecule has 0 spiro atoms. The number of nitrogens with zero attached hydrogens (tertiary/aromatic N) is 4. The molecule has 4 aromatic rings. The molecule has 1 aliphatic heterocycles. The topological polar surface area (TPSA) is 176 Å². The molecule has 4 atom stereocenters. The van der Waals surface area contributed by atoms with E-state index in [-0.39, 0.29) is 29.8 Å². The fourth-order valence-electron chi connectivity index (χ4n) is 5.89. The van der Waals surface area contributed by atoms with E-state index in [1.807, 2.05) is 49.2 Å². The highest BCUT2D eigenvalue weighted by Crippen LogP contribution is 2.33. The fourth-order valence-corrected chi connectivity index (χ4v) is 5.89. The number of amides is 3. The second kappa shape index (κ2) is 16.3. The molecule has 5 rings (SSSR count). The van der Waals surface area contributed by atoms with Gasteiger partial charge in [-0.05, 0) is 54.9 Å². The Morgan fingerprint density at radius 2 is 1.48 bits per heavy atom. The molecule has 264 valence electrons. The number of H-pyrrole nitrogens is 2. The Labute approximate surface area is 291 Å². The van der Waals surface area contributed by atoms with Crippen molar-refractivity contribution in [2.24, 2.45) is 10.9 Å². The largest absolute Gasteiger partial charge is 0.453 e. The molecule has 1 fully saturated rings. The first-order chi connectivity index (χ1) is 24.1. The lowest BCUT2D eigenvalue weighted by Gasteiger charge is -2.24. The molecule has 0 unspecified atom stereocenters. The van der Waals surface area contributed by atoms with Gasteiger partial charge in [0.25, 0.3) is 0 Å². The van der Waals surface area contributed by atoms with Crippen LogP contribution in [-0.4, -0.2) is 82.0 Å². The highest BCUT2D eigenvalue weighted by Gasteiger charge is 2.34. The summed E-state index contributed by atoms with van der Waals surface area (Å²) in [7, 11) is 2.63. The Morgan fingerprint density at radius 1 is 0.880 bits per heavy atom. The summed E-state index contributed by atoms with van der Waals surface area (Å²) < 4.78 is 4.59. The number of benzene rings is 2. The summed E-state index contributed by atoms with van der Waals surface area (Å²) in [6.07, 6.45) is 5.74. The van der Waals surface area contributed by atoms with E-state index < -0.39 is 18.2 Å². The molecule has 0 saturated carbocycles. The van der Waals surface area contributed by atoms with Crippen LogP contribution in [0.2, 0.25) is 0 Å². The molecule has 1 saturated heterocycles. The zero-order valence-corrected chi connectivity index (χ0v) is 29.1. The Balaban J connectivity index is 1.23. The molecule has 3 heterocycles. The molecule has 14 nitrogen and oxygen atoms in total. The van der Waals surface area contributed by atoms with Gasteiger partial charge >= 0.3 is 6.09 Å². The number of likely N-dealkylation sites (tertiary alicyclic amines) is 1. The van der Waals surface area contributed by atoms with Crippen LogP contribution in [0, 0.1) is 5.92 Å². The number of rotatable bonds is 13. The third-order valence-electron chi connectivity index (χ3n) is 8.72. The number of ether oxygens (including phenoxy) is 1. The number of aromatic amines is 2. The fraction of sp³-hybridized carbons (Fsp3) is 0.389. The summed E-state index contributed by atoms with van der Waals surface area (Å²) in [5, 5.41) is 5.45. The second-order valence-corrected chi connectivity index (χ2v) is 12.5. The van der Waals surface area contributed by atoms with Crippen LogP contribution in [0.1, 0.15) is 64.3 Å². The smallest absolute Gasteiger partial charge is 0.407 e. The highest BCUT2D eigenvalue weighted by atomic mass is 17.2. The van der Waals surface area contributed by atoms with Crippen molar-refractivity contribution in [2.75, 3.05) is 20.8 Å². The quantitative estimate of drug-likeness (QED) is 0.0631. The third-order valence-corrected chi connectivity index (χ3v) is 8.72. The van der Waals surface area contributed by atoms with Crippen molar-refractivity contribution in [3.8, 4) is 33.6 Å². The number of carbonyl (C=O) groups is 3. The Hall–Kier alpha value is -5.50. The summed E-state index contributed by atoms with van der Waals surface area (Å²) in [5.41, 5.74) is 5.75. The first-order valence-corrected chi connectivity index (χ1v) is 16.6. The van der Waals surface area contributed by atoms with E-state index in [1.54, 1.807) is 20.0 Å². The molecule has 0 aliphatic carbocycles. The van der Waals surface area contributed by atoms with Crippen LogP contribution in [0.15, 0.2) is 65.9 Å². The number of methoxy groups -OCH3 is 1. The molecule has 2 aromatic heterocycles. The zero-order chi connectivity index (χ0) is 35.8. The van der Waals surface area contributed by atoms with Crippen LogP contribution in [-0.2, 0) is 24.1 Å². The van der Waals surface area contributed by atoms with Gasteiger partial charge in [-0.2, -0.15) is 4.89 Å². The normalized spacial score (nSPS) is 16.3. The van der Waals surface area contributed by atoms with Crippen LogP contribution in [0.4, 0.5) is 4.79 Å². The number of imidazole rings is 2. The number of alkyl carbamates (subject to hydrolysis) is 1. The van der Waals surface area contributed by atoms with E-state index in [4.69, 9.17) is 0 Å². The number of hydrogen-bond donors (Lipinski definition) is 4. The number of carbonyl (C=O) groups excluding carboxylic acids is 3. The minimum Gasteiger partial charge on any atom is -0.453 e. The average molecular weight is 685 g/mol. The van der Waals surface area contributed by atoms with Gasteiger partial charge < -0.3 is 35.1 Å². The maximum Gasteiger partial charge on any atom is 0.407 e. The van der Waals surface area contributed by atoms with Gasteiger partial charge in [0.2, 0.25) is 18.2 Å². The van der Waals surface area contributed by atoms with E-state index in [0.717, 1.165) is 58.7 Å². The molecule has 0 radical (unpaired) electrons. The van der Waals surface area contributed by atoms with Crippen molar-refractivity contribution in [2.45, 2.75) is 64.7 Å². The molecule has 2 aromatic carbocycles. The maximum absolute atomic E-state index is 13.1. The predicted molar refractivity (Wildman–Crippen MR) is 188 cm³/mol. The van der Waals surface area contributed by atoms with E-state index in [0.29, 0.717) is 12.4 Å². The lowest BCUT2D eigenvalue weighted by molar-refractivity contribution is -0.188. The van der Waals surface area contributed by atoms with Crippen molar-refractivity contribution in [3.63, 3.8) is 0 Å². The van der Waals surface area contributed by atoms with Gasteiger partial charge in [0.1, 0.15) is 23.7 Å². The third kappa shape index (κ3) is 8.37. The SMILES string of the molecule is COO/C=N/[C@@H](C)C(=O)N1CCC[C@H]1c1ncc(-c2ccc(-c3ccc(-c4cnc([C@@H](NC(=O)[C@H](C)NC(=O)OC)C(C)C)[nH]4)cc3)cc2)[nH]1. The first-order valence-electron chi connectivity index (χ1n) is 16.6. The van der Waals surface area contributed by atoms with Gasteiger partial charge in [0, 0.05) is 6.54 Å². The van der Waals surface area contributed by atoms with E-state index in [9.17, 15) is 14.4 Å². The van der Waals surface area contributed by atoms with Gasteiger partial charge in [-0.1, -0.05) is 62.4 Å². The van der Waals surface area contributed by atoms with E-state index in [1.165, 1.54) is 14.2 Å². The average Bonchev–Trinajstić information content (AvgIpc) is 3.92.